The maximum absolute atomic E-state index is 4.77. The zero-order valence-corrected chi connectivity index (χ0v) is 13.8. The van der Waals surface area contributed by atoms with Crippen LogP contribution in [0.1, 0.15) is 88.7 Å². The normalized spacial score (nSPS) is 38.4. The number of hydrogen-bond donors (Lipinski definition) is 0. The van der Waals surface area contributed by atoms with Gasteiger partial charge in [-0.1, -0.05) is 12.8 Å². The molecule has 3 heteroatoms. The third kappa shape index (κ3) is 1.93. The second kappa shape index (κ2) is 4.82. The molecule has 0 aromatic carbocycles. The highest BCUT2D eigenvalue weighted by atomic mass is 15.3. The van der Waals surface area contributed by atoms with E-state index in [1.807, 2.05) is 0 Å². The lowest BCUT2D eigenvalue weighted by Crippen LogP contribution is -2.46. The number of hydrogen-bond acceptors (Lipinski definition) is 2. The van der Waals surface area contributed by atoms with Crippen molar-refractivity contribution < 1.29 is 0 Å². The van der Waals surface area contributed by atoms with Crippen LogP contribution >= 0.6 is 0 Å². The van der Waals surface area contributed by atoms with Crippen LogP contribution in [0.25, 0.3) is 0 Å². The van der Waals surface area contributed by atoms with E-state index >= 15 is 0 Å². The van der Waals surface area contributed by atoms with Crippen molar-refractivity contribution in [2.24, 2.45) is 11.3 Å². The molecule has 4 fully saturated rings. The van der Waals surface area contributed by atoms with Gasteiger partial charge in [0.05, 0.1) is 0 Å². The molecule has 1 aliphatic heterocycles. The molecule has 0 N–H and O–H groups in total. The molecule has 0 amide bonds. The standard InChI is InChI=1S/C19H29N3/c1-2-4-14-22-16(5-3-1)20-21-17(22)19-11-8-18(9-12-19,10-13-19)15-6-7-15/h15H,1-14H2. The van der Waals surface area contributed by atoms with Crippen molar-refractivity contribution in [2.45, 2.75) is 95.4 Å². The monoisotopic (exact) mass is 299 g/mol. The second-order valence-corrected chi connectivity index (χ2v) is 8.67. The van der Waals surface area contributed by atoms with Crippen molar-refractivity contribution in [3.63, 3.8) is 0 Å². The van der Waals surface area contributed by atoms with E-state index in [0.717, 1.165) is 17.8 Å². The predicted molar refractivity (Wildman–Crippen MR) is 86.7 cm³/mol. The average Bonchev–Trinajstić information content (AvgIpc) is 3.33. The molecule has 1 aromatic rings. The summed E-state index contributed by atoms with van der Waals surface area (Å²) in [6.45, 7) is 1.17. The highest BCUT2D eigenvalue weighted by Crippen LogP contribution is 2.65. The fourth-order valence-corrected chi connectivity index (χ4v) is 5.91. The van der Waals surface area contributed by atoms with Crippen LogP contribution in [0.3, 0.4) is 0 Å². The molecule has 2 heterocycles. The van der Waals surface area contributed by atoms with E-state index in [2.05, 4.69) is 9.67 Å². The molecule has 0 saturated heterocycles. The van der Waals surface area contributed by atoms with Crippen LogP contribution in [0.5, 0.6) is 0 Å². The Labute approximate surface area is 133 Å². The topological polar surface area (TPSA) is 30.7 Å². The Kier molecular flexibility index (Phi) is 2.97. The second-order valence-electron chi connectivity index (χ2n) is 8.67. The molecule has 5 aliphatic rings. The number of rotatable bonds is 2. The summed E-state index contributed by atoms with van der Waals surface area (Å²) in [5.41, 5.74) is 1.14. The smallest absolute Gasteiger partial charge is 0.139 e. The fraction of sp³-hybridized carbons (Fsp3) is 0.895. The lowest BCUT2D eigenvalue weighted by atomic mass is 9.52. The molecule has 22 heavy (non-hydrogen) atoms. The van der Waals surface area contributed by atoms with Crippen molar-refractivity contribution in [3.05, 3.63) is 11.6 Å². The zero-order chi connectivity index (χ0) is 14.6. The van der Waals surface area contributed by atoms with E-state index in [9.17, 15) is 0 Å². The Bertz CT molecular complexity index is 545. The molecule has 0 spiro atoms. The van der Waals surface area contributed by atoms with Crippen LogP contribution in [0.2, 0.25) is 0 Å². The summed E-state index contributed by atoms with van der Waals surface area (Å²) in [5, 5.41) is 9.39. The van der Waals surface area contributed by atoms with Crippen LogP contribution in [-0.4, -0.2) is 14.8 Å². The number of aryl methyl sites for hydroxylation is 1. The summed E-state index contributed by atoms with van der Waals surface area (Å²) in [4.78, 5) is 0. The Morgan fingerprint density at radius 1 is 0.818 bits per heavy atom. The first-order chi connectivity index (χ1) is 10.8. The largest absolute Gasteiger partial charge is 0.315 e. The van der Waals surface area contributed by atoms with Gasteiger partial charge in [0, 0.05) is 18.4 Å². The summed E-state index contributed by atoms with van der Waals surface area (Å²) in [6.07, 6.45) is 18.2. The van der Waals surface area contributed by atoms with Crippen LogP contribution in [0.4, 0.5) is 0 Å². The van der Waals surface area contributed by atoms with Gasteiger partial charge in [0.2, 0.25) is 0 Å². The quantitative estimate of drug-likeness (QED) is 0.810. The molecule has 0 atom stereocenters. The Balaban J connectivity index is 1.45. The third-order valence-electron chi connectivity index (χ3n) is 7.58. The van der Waals surface area contributed by atoms with E-state index in [0.29, 0.717) is 5.41 Å². The maximum Gasteiger partial charge on any atom is 0.139 e. The predicted octanol–water partition coefficient (Wildman–Crippen LogP) is 4.40. The van der Waals surface area contributed by atoms with E-state index in [-0.39, 0.29) is 0 Å². The summed E-state index contributed by atoms with van der Waals surface area (Å²) in [5.74, 6) is 3.76. The summed E-state index contributed by atoms with van der Waals surface area (Å²) in [6, 6.07) is 0. The number of nitrogens with zero attached hydrogens (tertiary/aromatic N) is 3. The summed E-state index contributed by atoms with van der Waals surface area (Å²) < 4.78 is 2.55. The first kappa shape index (κ1) is 13.6. The Morgan fingerprint density at radius 3 is 2.27 bits per heavy atom. The van der Waals surface area contributed by atoms with Crippen LogP contribution in [-0.2, 0) is 18.4 Å². The van der Waals surface area contributed by atoms with Crippen molar-refractivity contribution in [1.82, 2.24) is 14.8 Å². The van der Waals surface area contributed by atoms with Gasteiger partial charge in [-0.3, -0.25) is 0 Å². The Hall–Kier alpha value is -0.860. The van der Waals surface area contributed by atoms with Crippen molar-refractivity contribution in [2.75, 3.05) is 0 Å². The molecule has 1 aromatic heterocycles. The van der Waals surface area contributed by atoms with Gasteiger partial charge >= 0.3 is 0 Å². The molecule has 3 nitrogen and oxygen atoms in total. The highest BCUT2D eigenvalue weighted by Gasteiger charge is 2.56. The fourth-order valence-electron chi connectivity index (χ4n) is 5.91. The third-order valence-corrected chi connectivity index (χ3v) is 7.58. The number of fused-ring (bicyclic) bond motifs is 4. The first-order valence-corrected chi connectivity index (χ1v) is 9.74. The molecular formula is C19H29N3. The lowest BCUT2D eigenvalue weighted by Gasteiger charge is -2.53. The van der Waals surface area contributed by atoms with E-state index in [4.69, 9.17) is 5.10 Å². The van der Waals surface area contributed by atoms with Crippen LogP contribution in [0.15, 0.2) is 0 Å². The first-order valence-electron chi connectivity index (χ1n) is 9.74. The average molecular weight is 299 g/mol. The van der Waals surface area contributed by atoms with Crippen molar-refractivity contribution >= 4 is 0 Å². The lowest BCUT2D eigenvalue weighted by molar-refractivity contribution is 0.0152. The van der Waals surface area contributed by atoms with E-state index in [1.165, 1.54) is 95.2 Å². The summed E-state index contributed by atoms with van der Waals surface area (Å²) in [7, 11) is 0. The van der Waals surface area contributed by atoms with Gasteiger partial charge in [-0.05, 0) is 75.5 Å². The Morgan fingerprint density at radius 2 is 1.55 bits per heavy atom. The maximum atomic E-state index is 4.77. The minimum atomic E-state index is 0.390. The molecule has 6 rings (SSSR count). The van der Waals surface area contributed by atoms with Crippen LogP contribution in [0, 0.1) is 11.3 Å². The van der Waals surface area contributed by atoms with Gasteiger partial charge in [-0.25, -0.2) is 0 Å². The van der Waals surface area contributed by atoms with Gasteiger partial charge in [0.25, 0.3) is 0 Å². The van der Waals surface area contributed by atoms with Crippen LogP contribution < -0.4 is 0 Å². The minimum absolute atomic E-state index is 0.390. The number of aromatic nitrogens is 3. The van der Waals surface area contributed by atoms with Crippen molar-refractivity contribution in [1.29, 1.82) is 0 Å². The minimum Gasteiger partial charge on any atom is -0.315 e. The van der Waals surface area contributed by atoms with Gasteiger partial charge in [0.1, 0.15) is 11.6 Å². The summed E-state index contributed by atoms with van der Waals surface area (Å²) >= 11 is 0. The van der Waals surface area contributed by atoms with Gasteiger partial charge in [0.15, 0.2) is 0 Å². The highest BCUT2D eigenvalue weighted by molar-refractivity contribution is 5.19. The zero-order valence-electron chi connectivity index (χ0n) is 13.8. The van der Waals surface area contributed by atoms with Gasteiger partial charge in [-0.15, -0.1) is 10.2 Å². The molecule has 0 unspecified atom stereocenters. The molecular weight excluding hydrogens is 270 g/mol. The molecule has 4 saturated carbocycles. The van der Waals surface area contributed by atoms with Gasteiger partial charge in [-0.2, -0.15) is 0 Å². The van der Waals surface area contributed by atoms with E-state index in [1.54, 1.807) is 0 Å². The SMILES string of the molecule is C1CCCn2c(nnc2C23CCC(C4CC4)(CC2)CC3)CC1. The molecule has 0 radical (unpaired) electrons. The van der Waals surface area contributed by atoms with E-state index < -0.39 is 0 Å². The van der Waals surface area contributed by atoms with Crippen molar-refractivity contribution in [3.8, 4) is 0 Å². The molecule has 120 valence electrons. The van der Waals surface area contributed by atoms with Gasteiger partial charge < -0.3 is 4.57 Å². The molecule has 4 aliphatic carbocycles. The molecule has 2 bridgehead atoms.